The first kappa shape index (κ1) is 14.0. The second-order valence-corrected chi connectivity index (χ2v) is 5.46. The Bertz CT molecular complexity index is 297. The Hall–Kier alpha value is -0.0900. The van der Waals surface area contributed by atoms with E-state index in [1.165, 1.54) is 23.7 Å². The zero-order chi connectivity index (χ0) is 12.0. The van der Waals surface area contributed by atoms with Crippen molar-refractivity contribution in [2.45, 2.75) is 46.1 Å². The fourth-order valence-corrected chi connectivity index (χ4v) is 3.23. The summed E-state index contributed by atoms with van der Waals surface area (Å²) in [6.07, 6.45) is 3.40. The minimum Gasteiger partial charge on any atom is -0.344 e. The van der Waals surface area contributed by atoms with Crippen LogP contribution in [0.1, 0.15) is 39.3 Å². The molecule has 0 aliphatic rings. The van der Waals surface area contributed by atoms with Crippen molar-refractivity contribution >= 4 is 32.4 Å². The van der Waals surface area contributed by atoms with E-state index in [1.54, 1.807) is 11.3 Å². The predicted molar refractivity (Wildman–Crippen MR) is 77.0 cm³/mol. The monoisotopic (exact) mass is 304 g/mol. The summed E-state index contributed by atoms with van der Waals surface area (Å²) in [7, 11) is 0. The number of thiazole rings is 1. The molecule has 0 saturated carbocycles. The summed E-state index contributed by atoms with van der Waals surface area (Å²) in [4.78, 5) is 7.13. The lowest BCUT2D eigenvalue weighted by atomic mass is 10.1. The number of hydrogen-bond donors (Lipinski definition) is 0. The highest BCUT2D eigenvalue weighted by Crippen LogP contribution is 2.25. The molecule has 0 unspecified atom stereocenters. The molecule has 0 aliphatic carbocycles. The van der Waals surface area contributed by atoms with Crippen LogP contribution in [0, 0.1) is 0 Å². The van der Waals surface area contributed by atoms with Crippen LogP contribution >= 0.6 is 27.3 Å². The molecule has 16 heavy (non-hydrogen) atoms. The summed E-state index contributed by atoms with van der Waals surface area (Å²) in [5, 5.41) is 4.37. The minimum atomic E-state index is 0.619. The fraction of sp³-hybridized carbons (Fsp3) is 0.750. The van der Waals surface area contributed by atoms with Crippen LogP contribution in [-0.4, -0.2) is 22.9 Å². The molecular weight excluding hydrogens is 284 g/mol. The molecule has 2 nitrogen and oxygen atoms in total. The third-order valence-electron chi connectivity index (χ3n) is 2.86. The van der Waals surface area contributed by atoms with E-state index in [-0.39, 0.29) is 0 Å². The number of aryl methyl sites for hydroxylation is 1. The average molecular weight is 305 g/mol. The van der Waals surface area contributed by atoms with Crippen LogP contribution in [0.3, 0.4) is 0 Å². The normalized spacial score (nSPS) is 11.1. The number of alkyl halides is 1. The summed E-state index contributed by atoms with van der Waals surface area (Å²) in [5.41, 5.74) is 1.21. The second-order valence-electron chi connectivity index (χ2n) is 3.83. The largest absolute Gasteiger partial charge is 0.344 e. The maximum absolute atomic E-state index is 4.69. The first-order valence-corrected chi connectivity index (χ1v) is 8.03. The van der Waals surface area contributed by atoms with E-state index < -0.39 is 0 Å². The van der Waals surface area contributed by atoms with Crippen LogP contribution < -0.4 is 4.90 Å². The lowest BCUT2D eigenvalue weighted by Gasteiger charge is -2.29. The van der Waals surface area contributed by atoms with Crippen LogP contribution in [-0.2, 0) is 6.42 Å². The van der Waals surface area contributed by atoms with Crippen molar-refractivity contribution in [3.05, 3.63) is 11.1 Å². The maximum atomic E-state index is 4.69. The summed E-state index contributed by atoms with van der Waals surface area (Å²) < 4.78 is 0. The number of aromatic nitrogens is 1. The van der Waals surface area contributed by atoms with E-state index in [1.807, 2.05) is 0 Å². The number of rotatable bonds is 7. The lowest BCUT2D eigenvalue weighted by molar-refractivity contribution is 0.567. The molecule has 0 bridgehead atoms. The number of halogens is 1. The van der Waals surface area contributed by atoms with Gasteiger partial charge < -0.3 is 4.90 Å². The molecule has 1 rings (SSSR count). The SMILES string of the molecule is CCc1csc(N(CCBr)C(CC)CC)n1. The van der Waals surface area contributed by atoms with E-state index in [9.17, 15) is 0 Å². The van der Waals surface area contributed by atoms with Gasteiger partial charge in [-0.25, -0.2) is 4.98 Å². The minimum absolute atomic E-state index is 0.619. The van der Waals surface area contributed by atoms with E-state index in [4.69, 9.17) is 0 Å². The summed E-state index contributed by atoms with van der Waals surface area (Å²) in [5.74, 6) is 0. The molecule has 92 valence electrons. The third kappa shape index (κ3) is 3.45. The number of anilines is 1. The van der Waals surface area contributed by atoms with Crippen LogP contribution in [0.5, 0.6) is 0 Å². The highest BCUT2D eigenvalue weighted by molar-refractivity contribution is 9.09. The van der Waals surface area contributed by atoms with Crippen LogP contribution in [0.4, 0.5) is 5.13 Å². The van der Waals surface area contributed by atoms with Gasteiger partial charge in [0.25, 0.3) is 0 Å². The molecule has 1 aromatic heterocycles. The molecule has 1 aromatic rings. The molecule has 0 radical (unpaired) electrons. The van der Waals surface area contributed by atoms with Gasteiger partial charge in [0.15, 0.2) is 5.13 Å². The van der Waals surface area contributed by atoms with Crippen molar-refractivity contribution in [2.24, 2.45) is 0 Å². The van der Waals surface area contributed by atoms with Gasteiger partial charge in [-0.1, -0.05) is 36.7 Å². The molecule has 0 atom stereocenters. The molecular formula is C12H21BrN2S. The maximum Gasteiger partial charge on any atom is 0.185 e. The second kappa shape index (κ2) is 7.28. The molecule has 4 heteroatoms. The topological polar surface area (TPSA) is 16.1 Å². The molecule has 0 fully saturated rings. The molecule has 0 spiro atoms. The van der Waals surface area contributed by atoms with Gasteiger partial charge in [0.1, 0.15) is 0 Å². The van der Waals surface area contributed by atoms with Gasteiger partial charge in [0, 0.05) is 23.3 Å². The van der Waals surface area contributed by atoms with Crippen LogP contribution in [0.15, 0.2) is 5.38 Å². The van der Waals surface area contributed by atoms with Crippen molar-refractivity contribution in [1.29, 1.82) is 0 Å². The van der Waals surface area contributed by atoms with E-state index in [2.05, 4.69) is 52.0 Å². The zero-order valence-corrected chi connectivity index (χ0v) is 12.8. The molecule has 0 N–H and O–H groups in total. The van der Waals surface area contributed by atoms with Gasteiger partial charge in [-0.2, -0.15) is 0 Å². The number of nitrogens with zero attached hydrogens (tertiary/aromatic N) is 2. The van der Waals surface area contributed by atoms with Gasteiger partial charge in [0.05, 0.1) is 5.69 Å². The first-order chi connectivity index (χ1) is 7.76. The molecule has 0 aromatic carbocycles. The Morgan fingerprint density at radius 3 is 2.50 bits per heavy atom. The third-order valence-corrected chi connectivity index (χ3v) is 4.14. The Kier molecular flexibility index (Phi) is 6.36. The van der Waals surface area contributed by atoms with Gasteiger partial charge >= 0.3 is 0 Å². The summed E-state index contributed by atoms with van der Waals surface area (Å²) in [6, 6.07) is 0.619. The molecule has 0 aliphatic heterocycles. The first-order valence-electron chi connectivity index (χ1n) is 6.03. The quantitative estimate of drug-likeness (QED) is 0.705. The highest BCUT2D eigenvalue weighted by Gasteiger charge is 2.17. The van der Waals surface area contributed by atoms with Crippen LogP contribution in [0.2, 0.25) is 0 Å². The van der Waals surface area contributed by atoms with Gasteiger partial charge in [-0.15, -0.1) is 11.3 Å². The highest BCUT2D eigenvalue weighted by atomic mass is 79.9. The molecule has 1 heterocycles. The summed E-state index contributed by atoms with van der Waals surface area (Å²) in [6.45, 7) is 7.71. The van der Waals surface area contributed by atoms with E-state index in [0.717, 1.165) is 18.3 Å². The van der Waals surface area contributed by atoms with E-state index >= 15 is 0 Å². The van der Waals surface area contributed by atoms with Crippen LogP contribution in [0.25, 0.3) is 0 Å². The van der Waals surface area contributed by atoms with Gasteiger partial charge in [-0.3, -0.25) is 0 Å². The zero-order valence-electron chi connectivity index (χ0n) is 10.4. The molecule has 0 amide bonds. The van der Waals surface area contributed by atoms with Crippen molar-refractivity contribution in [1.82, 2.24) is 4.98 Å². The predicted octanol–water partition coefficient (Wildman–Crippen LogP) is 4.10. The van der Waals surface area contributed by atoms with Crippen molar-refractivity contribution < 1.29 is 0 Å². The van der Waals surface area contributed by atoms with Crippen molar-refractivity contribution in [3.8, 4) is 0 Å². The Balaban J connectivity index is 2.82. The van der Waals surface area contributed by atoms with E-state index in [0.29, 0.717) is 6.04 Å². The Morgan fingerprint density at radius 2 is 2.06 bits per heavy atom. The van der Waals surface area contributed by atoms with Crippen molar-refractivity contribution in [2.75, 3.05) is 16.8 Å². The summed E-state index contributed by atoms with van der Waals surface area (Å²) >= 11 is 5.31. The number of hydrogen-bond acceptors (Lipinski definition) is 3. The average Bonchev–Trinajstić information content (AvgIpc) is 2.77. The Morgan fingerprint density at radius 1 is 1.38 bits per heavy atom. The lowest BCUT2D eigenvalue weighted by Crippen LogP contribution is -2.35. The van der Waals surface area contributed by atoms with Crippen molar-refractivity contribution in [3.63, 3.8) is 0 Å². The van der Waals surface area contributed by atoms with Gasteiger partial charge in [0.2, 0.25) is 0 Å². The Labute approximate surface area is 111 Å². The standard InChI is InChI=1S/C12H21BrN2S/c1-4-10-9-16-12(14-10)15(8-7-13)11(5-2)6-3/h9,11H,4-8H2,1-3H3. The smallest absolute Gasteiger partial charge is 0.185 e. The fourth-order valence-electron chi connectivity index (χ4n) is 1.85. The molecule has 0 saturated heterocycles. The van der Waals surface area contributed by atoms with Gasteiger partial charge in [-0.05, 0) is 19.3 Å².